The van der Waals surface area contributed by atoms with Crippen molar-refractivity contribution in [1.29, 1.82) is 0 Å². The van der Waals surface area contributed by atoms with Crippen molar-refractivity contribution in [2.45, 2.75) is 78.2 Å². The molecule has 1 aromatic heterocycles. The zero-order valence-corrected chi connectivity index (χ0v) is 18.3. The van der Waals surface area contributed by atoms with E-state index in [2.05, 4.69) is 35.6 Å². The number of amides is 1. The Morgan fingerprint density at radius 2 is 1.90 bits per heavy atom. The third kappa shape index (κ3) is 5.18. The number of hydrogen-bond acceptors (Lipinski definition) is 6. The number of aromatic nitrogens is 2. The van der Waals surface area contributed by atoms with Crippen molar-refractivity contribution in [2.75, 3.05) is 36.9 Å². The first kappa shape index (κ1) is 21.8. The summed E-state index contributed by atoms with van der Waals surface area (Å²) in [7, 11) is 0. The summed E-state index contributed by atoms with van der Waals surface area (Å²) in [4.78, 5) is 25.8. The van der Waals surface area contributed by atoms with Crippen molar-refractivity contribution >= 4 is 17.5 Å². The van der Waals surface area contributed by atoms with Crippen LogP contribution >= 0.6 is 0 Å². The number of rotatable bonds is 10. The van der Waals surface area contributed by atoms with E-state index in [0.717, 1.165) is 24.8 Å². The van der Waals surface area contributed by atoms with Gasteiger partial charge in [-0.3, -0.25) is 9.69 Å². The van der Waals surface area contributed by atoms with Crippen LogP contribution in [0.1, 0.15) is 71.3 Å². The molecule has 1 fully saturated rings. The van der Waals surface area contributed by atoms with Gasteiger partial charge in [-0.15, -0.1) is 0 Å². The van der Waals surface area contributed by atoms with Crippen molar-refractivity contribution in [3.05, 3.63) is 5.56 Å². The van der Waals surface area contributed by atoms with Crippen LogP contribution in [0, 0.1) is 5.92 Å². The lowest BCUT2D eigenvalue weighted by molar-refractivity contribution is -0.117. The van der Waals surface area contributed by atoms with Gasteiger partial charge in [0.15, 0.2) is 0 Å². The standard InChI is InChI=1S/C22H37N5O2/c1-4-7-14-29-22-24-20(23)18-15-19(28)27(21(18)25-22)13-10-16-8-11-26(12-9-16)17(5-2)6-3/h16-17H,4-15H2,1-3H3,(H2,23,24,25). The number of nitrogens with two attached hydrogens (primary N) is 1. The van der Waals surface area contributed by atoms with E-state index in [1.165, 1.54) is 38.8 Å². The average Bonchev–Trinajstić information content (AvgIpc) is 3.04. The molecule has 2 aliphatic rings. The molecule has 1 amide bonds. The predicted molar refractivity (Wildman–Crippen MR) is 116 cm³/mol. The number of carbonyl (C=O) groups is 1. The monoisotopic (exact) mass is 403 g/mol. The summed E-state index contributed by atoms with van der Waals surface area (Å²) in [6.45, 7) is 10.3. The summed E-state index contributed by atoms with van der Waals surface area (Å²) in [5.74, 6) is 1.76. The van der Waals surface area contributed by atoms with Crippen LogP contribution in [0.2, 0.25) is 0 Å². The predicted octanol–water partition coefficient (Wildman–Crippen LogP) is 3.42. The van der Waals surface area contributed by atoms with Crippen molar-refractivity contribution in [2.24, 2.45) is 5.92 Å². The SMILES string of the molecule is CCCCOc1nc(N)c2c(n1)N(CCC1CCN(C(CC)CC)CC1)C(=O)C2. The van der Waals surface area contributed by atoms with Crippen LogP contribution in [0.3, 0.4) is 0 Å². The summed E-state index contributed by atoms with van der Waals surface area (Å²) >= 11 is 0. The molecule has 0 radical (unpaired) electrons. The molecule has 1 saturated heterocycles. The van der Waals surface area contributed by atoms with Crippen LogP contribution < -0.4 is 15.4 Å². The molecule has 0 aromatic carbocycles. The Balaban J connectivity index is 1.58. The number of ether oxygens (including phenoxy) is 1. The molecule has 0 unspecified atom stereocenters. The lowest BCUT2D eigenvalue weighted by Gasteiger charge is -2.37. The molecule has 0 aliphatic carbocycles. The van der Waals surface area contributed by atoms with Gasteiger partial charge < -0.3 is 15.4 Å². The maximum absolute atomic E-state index is 12.6. The van der Waals surface area contributed by atoms with E-state index >= 15 is 0 Å². The van der Waals surface area contributed by atoms with E-state index in [-0.39, 0.29) is 11.9 Å². The smallest absolute Gasteiger partial charge is 0.320 e. The lowest BCUT2D eigenvalue weighted by atomic mass is 9.92. The van der Waals surface area contributed by atoms with Gasteiger partial charge in [0.2, 0.25) is 5.91 Å². The van der Waals surface area contributed by atoms with Gasteiger partial charge in [-0.2, -0.15) is 9.97 Å². The van der Waals surface area contributed by atoms with E-state index < -0.39 is 0 Å². The molecule has 0 saturated carbocycles. The molecule has 3 rings (SSSR count). The number of piperidine rings is 1. The largest absolute Gasteiger partial charge is 0.463 e. The maximum Gasteiger partial charge on any atom is 0.320 e. The number of likely N-dealkylation sites (tertiary alicyclic amines) is 1. The molecule has 7 heteroatoms. The Morgan fingerprint density at radius 1 is 1.17 bits per heavy atom. The highest BCUT2D eigenvalue weighted by Gasteiger charge is 2.33. The summed E-state index contributed by atoms with van der Waals surface area (Å²) < 4.78 is 5.64. The van der Waals surface area contributed by atoms with Crippen molar-refractivity contribution in [1.82, 2.24) is 14.9 Å². The fourth-order valence-corrected chi connectivity index (χ4v) is 4.55. The molecule has 162 valence electrons. The van der Waals surface area contributed by atoms with Crippen molar-refractivity contribution in [3.63, 3.8) is 0 Å². The Bertz CT molecular complexity index is 684. The molecule has 0 atom stereocenters. The second-order valence-corrected chi connectivity index (χ2v) is 8.36. The quantitative estimate of drug-likeness (QED) is 0.603. The van der Waals surface area contributed by atoms with Crippen molar-refractivity contribution < 1.29 is 9.53 Å². The maximum atomic E-state index is 12.6. The highest BCUT2D eigenvalue weighted by molar-refractivity contribution is 6.01. The van der Waals surface area contributed by atoms with Crippen LogP contribution in [0.5, 0.6) is 6.01 Å². The van der Waals surface area contributed by atoms with Crippen LogP contribution in [0.15, 0.2) is 0 Å². The zero-order valence-electron chi connectivity index (χ0n) is 18.3. The first-order valence-electron chi connectivity index (χ1n) is 11.4. The number of hydrogen-bond donors (Lipinski definition) is 1. The molecular weight excluding hydrogens is 366 g/mol. The van der Waals surface area contributed by atoms with E-state index in [4.69, 9.17) is 10.5 Å². The fourth-order valence-electron chi connectivity index (χ4n) is 4.55. The molecule has 7 nitrogen and oxygen atoms in total. The first-order chi connectivity index (χ1) is 14.1. The second-order valence-electron chi connectivity index (χ2n) is 8.36. The lowest BCUT2D eigenvalue weighted by Crippen LogP contribution is -2.41. The van der Waals surface area contributed by atoms with Crippen LogP contribution in [0.4, 0.5) is 11.6 Å². The fraction of sp³-hybridized carbons (Fsp3) is 0.773. The minimum absolute atomic E-state index is 0.0705. The number of nitrogens with zero attached hydrogens (tertiary/aromatic N) is 4. The number of unbranched alkanes of at least 4 members (excludes halogenated alkanes) is 1. The molecule has 2 N–H and O–H groups in total. The summed E-state index contributed by atoms with van der Waals surface area (Å²) in [5, 5.41) is 0. The second kappa shape index (κ2) is 10.2. The van der Waals surface area contributed by atoms with E-state index in [1.54, 1.807) is 4.90 Å². The third-order valence-electron chi connectivity index (χ3n) is 6.48. The number of anilines is 2. The normalized spacial score (nSPS) is 17.9. The Kier molecular flexibility index (Phi) is 7.70. The van der Waals surface area contributed by atoms with Crippen LogP contribution in [0.25, 0.3) is 0 Å². The molecule has 29 heavy (non-hydrogen) atoms. The van der Waals surface area contributed by atoms with E-state index in [9.17, 15) is 4.79 Å². The number of nitrogen functional groups attached to an aromatic ring is 1. The molecule has 2 aliphatic heterocycles. The molecule has 1 aromatic rings. The van der Waals surface area contributed by atoms with Gasteiger partial charge in [-0.1, -0.05) is 27.2 Å². The highest BCUT2D eigenvalue weighted by atomic mass is 16.5. The van der Waals surface area contributed by atoms with Gasteiger partial charge in [-0.25, -0.2) is 0 Å². The summed E-state index contributed by atoms with van der Waals surface area (Å²) in [6, 6.07) is 1.00. The topological polar surface area (TPSA) is 84.6 Å². The number of fused-ring (bicyclic) bond motifs is 1. The highest BCUT2D eigenvalue weighted by Crippen LogP contribution is 2.33. The Labute approximate surface area is 175 Å². The molecule has 3 heterocycles. The van der Waals surface area contributed by atoms with E-state index in [1.807, 2.05) is 0 Å². The van der Waals surface area contributed by atoms with Crippen molar-refractivity contribution in [3.8, 4) is 6.01 Å². The Hall–Kier alpha value is -1.89. The average molecular weight is 404 g/mol. The molecule has 0 spiro atoms. The van der Waals surface area contributed by atoms with Gasteiger partial charge in [-0.05, 0) is 57.5 Å². The molecule has 0 bridgehead atoms. The zero-order chi connectivity index (χ0) is 20.8. The van der Waals surface area contributed by atoms with Gasteiger partial charge in [0.25, 0.3) is 0 Å². The first-order valence-corrected chi connectivity index (χ1v) is 11.4. The number of carbonyl (C=O) groups excluding carboxylic acids is 1. The minimum atomic E-state index is 0.0705. The van der Waals surface area contributed by atoms with Gasteiger partial charge in [0.1, 0.15) is 11.6 Å². The van der Waals surface area contributed by atoms with Gasteiger partial charge in [0.05, 0.1) is 13.0 Å². The molecular formula is C22H37N5O2. The van der Waals surface area contributed by atoms with Gasteiger partial charge >= 0.3 is 6.01 Å². The Morgan fingerprint density at radius 3 is 2.55 bits per heavy atom. The third-order valence-corrected chi connectivity index (χ3v) is 6.48. The summed E-state index contributed by atoms with van der Waals surface area (Å²) in [5.41, 5.74) is 6.85. The summed E-state index contributed by atoms with van der Waals surface area (Å²) in [6.07, 6.45) is 8.17. The van der Waals surface area contributed by atoms with Gasteiger partial charge in [0, 0.05) is 18.2 Å². The minimum Gasteiger partial charge on any atom is -0.463 e. The van der Waals surface area contributed by atoms with E-state index in [0.29, 0.717) is 43.2 Å². The van der Waals surface area contributed by atoms with Crippen LogP contribution in [-0.4, -0.2) is 53.1 Å². The van der Waals surface area contributed by atoms with Crippen LogP contribution in [-0.2, 0) is 11.2 Å².